The first-order valence-electron chi connectivity index (χ1n) is 7.58. The minimum absolute atomic E-state index is 0.178. The number of carbonyl (C=O) groups is 1. The van der Waals surface area contributed by atoms with E-state index >= 15 is 0 Å². The number of allylic oxidation sites excluding steroid dienone is 1. The number of benzene rings is 2. The molecule has 0 radical (unpaired) electrons. The molecule has 0 unspecified atom stereocenters. The molecule has 0 heterocycles. The van der Waals surface area contributed by atoms with Crippen molar-refractivity contribution in [2.75, 3.05) is 13.7 Å². The van der Waals surface area contributed by atoms with E-state index in [1.54, 1.807) is 48.5 Å². The van der Waals surface area contributed by atoms with Crippen LogP contribution in [0.1, 0.15) is 21.5 Å². The van der Waals surface area contributed by atoms with Crippen LogP contribution in [0.4, 0.5) is 13.2 Å². The van der Waals surface area contributed by atoms with Gasteiger partial charge in [-0.25, -0.2) is 0 Å². The Balaban J connectivity index is 2.10. The molecule has 138 valence electrons. The zero-order valence-electron chi connectivity index (χ0n) is 13.8. The summed E-state index contributed by atoms with van der Waals surface area (Å²) in [4.78, 5) is 12.1. The van der Waals surface area contributed by atoms with Crippen molar-refractivity contribution in [1.29, 1.82) is 0 Å². The standard InChI is InChI=1S/C19H16BrF3O3/c1-25-18-9-3-13(10-15(18)11-26-12-19(21,22)23)2-8-17(24)14-4-6-16(20)7-5-14/h2-10H,11-12H2,1H3/b8-2+. The highest BCUT2D eigenvalue weighted by Gasteiger charge is 2.27. The Kier molecular flexibility index (Phi) is 6.99. The molecule has 2 aromatic carbocycles. The summed E-state index contributed by atoms with van der Waals surface area (Å²) in [5, 5.41) is 0. The minimum atomic E-state index is -4.39. The fourth-order valence-electron chi connectivity index (χ4n) is 2.17. The number of ketones is 1. The Morgan fingerprint density at radius 1 is 1.15 bits per heavy atom. The number of halogens is 4. The molecule has 2 rings (SSSR count). The third-order valence-corrected chi connectivity index (χ3v) is 3.91. The fourth-order valence-corrected chi connectivity index (χ4v) is 2.44. The molecule has 0 amide bonds. The van der Waals surface area contributed by atoms with Crippen molar-refractivity contribution in [3.05, 3.63) is 69.7 Å². The van der Waals surface area contributed by atoms with Crippen LogP contribution in [-0.2, 0) is 11.3 Å². The number of ether oxygens (including phenoxy) is 2. The summed E-state index contributed by atoms with van der Waals surface area (Å²) in [6.07, 6.45) is -1.38. The maximum atomic E-state index is 12.2. The van der Waals surface area contributed by atoms with Crippen LogP contribution in [0.2, 0.25) is 0 Å². The van der Waals surface area contributed by atoms with E-state index in [2.05, 4.69) is 20.7 Å². The Hall–Kier alpha value is -2.12. The van der Waals surface area contributed by atoms with E-state index in [-0.39, 0.29) is 12.4 Å². The maximum Gasteiger partial charge on any atom is 0.411 e. The molecule has 0 saturated carbocycles. The molecule has 0 aromatic heterocycles. The highest BCUT2D eigenvalue weighted by Crippen LogP contribution is 2.23. The fraction of sp³-hybridized carbons (Fsp3) is 0.211. The summed E-state index contributed by atoms with van der Waals surface area (Å²) in [6, 6.07) is 11.9. The van der Waals surface area contributed by atoms with Crippen LogP contribution in [0.5, 0.6) is 5.75 Å². The molecule has 0 N–H and O–H groups in total. The second kappa shape index (κ2) is 9.00. The Labute approximate surface area is 157 Å². The Morgan fingerprint density at radius 2 is 1.85 bits per heavy atom. The largest absolute Gasteiger partial charge is 0.496 e. The van der Waals surface area contributed by atoms with Crippen molar-refractivity contribution in [2.45, 2.75) is 12.8 Å². The molecule has 0 aliphatic carbocycles. The normalized spacial score (nSPS) is 11.7. The first-order valence-corrected chi connectivity index (χ1v) is 8.37. The van der Waals surface area contributed by atoms with Gasteiger partial charge in [0.25, 0.3) is 0 Å². The molecular formula is C19H16BrF3O3. The van der Waals surface area contributed by atoms with Crippen molar-refractivity contribution in [1.82, 2.24) is 0 Å². The highest BCUT2D eigenvalue weighted by molar-refractivity contribution is 9.10. The second-order valence-corrected chi connectivity index (χ2v) is 6.30. The molecule has 7 heteroatoms. The third kappa shape index (κ3) is 6.31. The summed E-state index contributed by atoms with van der Waals surface area (Å²) in [7, 11) is 1.43. The van der Waals surface area contributed by atoms with Crippen LogP contribution in [0.15, 0.2) is 53.0 Å². The molecular weight excluding hydrogens is 413 g/mol. The van der Waals surface area contributed by atoms with E-state index in [9.17, 15) is 18.0 Å². The van der Waals surface area contributed by atoms with Gasteiger partial charge in [-0.3, -0.25) is 4.79 Å². The lowest BCUT2D eigenvalue weighted by Crippen LogP contribution is -2.16. The van der Waals surface area contributed by atoms with Gasteiger partial charge in [-0.2, -0.15) is 13.2 Å². The van der Waals surface area contributed by atoms with Gasteiger partial charge in [0.15, 0.2) is 5.78 Å². The number of carbonyl (C=O) groups excluding carboxylic acids is 1. The van der Waals surface area contributed by atoms with E-state index in [0.717, 1.165) is 4.47 Å². The molecule has 0 atom stereocenters. The summed E-state index contributed by atoms with van der Waals surface area (Å²) >= 11 is 3.30. The van der Waals surface area contributed by atoms with Crippen molar-refractivity contribution in [2.24, 2.45) is 0 Å². The van der Waals surface area contributed by atoms with Crippen LogP contribution in [-0.4, -0.2) is 25.7 Å². The van der Waals surface area contributed by atoms with E-state index in [0.29, 0.717) is 22.4 Å². The molecule has 0 spiro atoms. The van der Waals surface area contributed by atoms with Gasteiger partial charge in [-0.15, -0.1) is 0 Å². The summed E-state index contributed by atoms with van der Waals surface area (Å²) in [5.74, 6) is 0.242. The van der Waals surface area contributed by atoms with Crippen LogP contribution in [0.3, 0.4) is 0 Å². The molecule has 0 saturated heterocycles. The smallest absolute Gasteiger partial charge is 0.411 e. The minimum Gasteiger partial charge on any atom is -0.496 e. The highest BCUT2D eigenvalue weighted by atomic mass is 79.9. The number of methoxy groups -OCH3 is 1. The number of hydrogen-bond acceptors (Lipinski definition) is 3. The summed E-state index contributed by atoms with van der Waals surface area (Å²) < 4.78 is 47.3. The van der Waals surface area contributed by atoms with Crippen LogP contribution >= 0.6 is 15.9 Å². The van der Waals surface area contributed by atoms with Gasteiger partial charge in [0.2, 0.25) is 0 Å². The molecule has 3 nitrogen and oxygen atoms in total. The van der Waals surface area contributed by atoms with Gasteiger partial charge in [0, 0.05) is 15.6 Å². The van der Waals surface area contributed by atoms with Gasteiger partial charge in [-0.05, 0) is 48.0 Å². The van der Waals surface area contributed by atoms with Crippen molar-refractivity contribution >= 4 is 27.8 Å². The SMILES string of the molecule is COc1ccc(/C=C/C(=O)c2ccc(Br)cc2)cc1COCC(F)(F)F. The third-order valence-electron chi connectivity index (χ3n) is 3.38. The van der Waals surface area contributed by atoms with Crippen LogP contribution < -0.4 is 4.74 Å². The van der Waals surface area contributed by atoms with Gasteiger partial charge in [-0.1, -0.05) is 28.1 Å². The topological polar surface area (TPSA) is 35.5 Å². The van der Waals surface area contributed by atoms with Crippen molar-refractivity contribution in [3.8, 4) is 5.75 Å². The number of rotatable bonds is 7. The zero-order valence-corrected chi connectivity index (χ0v) is 15.4. The van der Waals surface area contributed by atoms with E-state index in [1.165, 1.54) is 13.2 Å². The average Bonchev–Trinajstić information content (AvgIpc) is 2.59. The first-order chi connectivity index (χ1) is 12.3. The summed E-state index contributed by atoms with van der Waals surface area (Å²) in [5.41, 5.74) is 1.66. The lowest BCUT2D eigenvalue weighted by atomic mass is 10.1. The average molecular weight is 429 g/mol. The molecule has 0 aliphatic rings. The molecule has 0 fully saturated rings. The lowest BCUT2D eigenvalue weighted by Gasteiger charge is -2.11. The van der Waals surface area contributed by atoms with Crippen LogP contribution in [0.25, 0.3) is 6.08 Å². The predicted molar refractivity (Wildman–Crippen MR) is 96.2 cm³/mol. The van der Waals surface area contributed by atoms with Crippen molar-refractivity contribution < 1.29 is 27.4 Å². The molecule has 26 heavy (non-hydrogen) atoms. The Bertz CT molecular complexity index is 784. The number of hydrogen-bond donors (Lipinski definition) is 0. The lowest BCUT2D eigenvalue weighted by molar-refractivity contribution is -0.176. The van der Waals surface area contributed by atoms with Crippen molar-refractivity contribution in [3.63, 3.8) is 0 Å². The second-order valence-electron chi connectivity index (χ2n) is 5.38. The van der Waals surface area contributed by atoms with Crippen LogP contribution in [0, 0.1) is 0 Å². The van der Waals surface area contributed by atoms with Gasteiger partial charge >= 0.3 is 6.18 Å². The molecule has 2 aromatic rings. The molecule has 0 bridgehead atoms. The zero-order chi connectivity index (χ0) is 19.2. The quantitative estimate of drug-likeness (QED) is 0.435. The van der Waals surface area contributed by atoms with E-state index < -0.39 is 12.8 Å². The Morgan fingerprint density at radius 3 is 2.46 bits per heavy atom. The van der Waals surface area contributed by atoms with E-state index in [4.69, 9.17) is 4.74 Å². The predicted octanol–water partition coefficient (Wildman–Crippen LogP) is 5.43. The first kappa shape index (κ1) is 20.2. The molecule has 0 aliphatic heterocycles. The monoisotopic (exact) mass is 428 g/mol. The van der Waals surface area contributed by atoms with Gasteiger partial charge < -0.3 is 9.47 Å². The number of alkyl halides is 3. The van der Waals surface area contributed by atoms with Gasteiger partial charge in [0.05, 0.1) is 13.7 Å². The van der Waals surface area contributed by atoms with E-state index in [1.807, 2.05) is 0 Å². The maximum absolute atomic E-state index is 12.2. The summed E-state index contributed by atoms with van der Waals surface area (Å²) in [6.45, 7) is -1.58. The van der Waals surface area contributed by atoms with Gasteiger partial charge in [0.1, 0.15) is 12.4 Å².